The third-order valence-corrected chi connectivity index (χ3v) is 4.11. The molecule has 0 saturated carbocycles. The maximum atomic E-state index is 11.5. The van der Waals surface area contributed by atoms with Crippen molar-refractivity contribution in [3.63, 3.8) is 0 Å². The van der Waals surface area contributed by atoms with Crippen molar-refractivity contribution in [3.05, 3.63) is 26.8 Å². The van der Waals surface area contributed by atoms with E-state index in [1.54, 1.807) is 18.2 Å². The van der Waals surface area contributed by atoms with E-state index >= 15 is 0 Å². The molecule has 0 spiro atoms. The van der Waals surface area contributed by atoms with E-state index in [1.165, 1.54) is 0 Å². The van der Waals surface area contributed by atoms with Gasteiger partial charge in [-0.3, -0.25) is 4.72 Å². The van der Waals surface area contributed by atoms with Gasteiger partial charge in [-0.15, -0.1) is 0 Å². The SMILES string of the molecule is O=S(=O)(CCCO)Nc1ccc(I)cc1Cl. The van der Waals surface area contributed by atoms with Crippen LogP contribution >= 0.6 is 34.2 Å². The number of rotatable bonds is 5. The largest absolute Gasteiger partial charge is 0.396 e. The van der Waals surface area contributed by atoms with Gasteiger partial charge in [0.2, 0.25) is 10.0 Å². The van der Waals surface area contributed by atoms with E-state index in [4.69, 9.17) is 16.7 Å². The maximum absolute atomic E-state index is 11.5. The summed E-state index contributed by atoms with van der Waals surface area (Å²) < 4.78 is 26.3. The zero-order valence-electron chi connectivity index (χ0n) is 8.28. The molecule has 0 aromatic heterocycles. The molecule has 16 heavy (non-hydrogen) atoms. The number of halogens is 2. The average molecular weight is 376 g/mol. The van der Waals surface area contributed by atoms with E-state index in [9.17, 15) is 8.42 Å². The quantitative estimate of drug-likeness (QED) is 0.774. The molecule has 1 rings (SSSR count). The molecule has 0 atom stereocenters. The lowest BCUT2D eigenvalue weighted by molar-refractivity contribution is 0.295. The van der Waals surface area contributed by atoms with Gasteiger partial charge in [0, 0.05) is 10.2 Å². The highest BCUT2D eigenvalue weighted by Crippen LogP contribution is 2.24. The fourth-order valence-corrected chi connectivity index (χ4v) is 3.13. The van der Waals surface area contributed by atoms with Crippen LogP contribution < -0.4 is 4.72 Å². The Kier molecular flexibility index (Phi) is 5.29. The lowest BCUT2D eigenvalue weighted by Gasteiger charge is -2.09. The zero-order chi connectivity index (χ0) is 12.2. The Labute approximate surface area is 113 Å². The first-order valence-electron chi connectivity index (χ1n) is 4.51. The molecule has 0 aliphatic carbocycles. The highest BCUT2D eigenvalue weighted by atomic mass is 127. The number of nitrogens with one attached hydrogen (secondary N) is 1. The summed E-state index contributed by atoms with van der Waals surface area (Å²) in [6.07, 6.45) is 0.206. The fraction of sp³-hybridized carbons (Fsp3) is 0.333. The number of aliphatic hydroxyl groups is 1. The van der Waals surface area contributed by atoms with Crippen LogP contribution in [0, 0.1) is 3.57 Å². The molecule has 1 aromatic rings. The van der Waals surface area contributed by atoms with Crippen LogP contribution in [0.25, 0.3) is 0 Å². The minimum absolute atomic E-state index is 0.119. The number of hydrogen-bond acceptors (Lipinski definition) is 3. The molecule has 0 bridgehead atoms. The van der Waals surface area contributed by atoms with Crippen molar-refractivity contribution in [1.29, 1.82) is 0 Å². The third kappa shape index (κ3) is 4.44. The van der Waals surface area contributed by atoms with Gasteiger partial charge in [-0.25, -0.2) is 8.42 Å². The molecule has 0 saturated heterocycles. The van der Waals surface area contributed by atoms with Crippen molar-refractivity contribution < 1.29 is 13.5 Å². The van der Waals surface area contributed by atoms with Crippen LogP contribution in [-0.4, -0.2) is 25.9 Å². The second kappa shape index (κ2) is 6.04. The number of benzene rings is 1. The van der Waals surface area contributed by atoms with Crippen LogP contribution in [0.4, 0.5) is 5.69 Å². The maximum Gasteiger partial charge on any atom is 0.232 e. The van der Waals surface area contributed by atoms with E-state index < -0.39 is 10.0 Å². The Morgan fingerprint density at radius 2 is 2.12 bits per heavy atom. The van der Waals surface area contributed by atoms with Crippen LogP contribution in [0.15, 0.2) is 18.2 Å². The molecule has 0 unspecified atom stereocenters. The summed E-state index contributed by atoms with van der Waals surface area (Å²) in [5, 5.41) is 8.93. The van der Waals surface area contributed by atoms with Gasteiger partial charge in [0.25, 0.3) is 0 Å². The Bertz CT molecular complexity index is 464. The Hall–Kier alpha value is -0.0500. The van der Waals surface area contributed by atoms with Crippen LogP contribution in [0.3, 0.4) is 0 Å². The Morgan fingerprint density at radius 3 is 2.69 bits per heavy atom. The number of anilines is 1. The lowest BCUT2D eigenvalue weighted by Crippen LogP contribution is -2.17. The van der Waals surface area contributed by atoms with E-state index in [-0.39, 0.29) is 18.8 Å². The minimum Gasteiger partial charge on any atom is -0.396 e. The van der Waals surface area contributed by atoms with Crippen LogP contribution in [0.2, 0.25) is 5.02 Å². The van der Waals surface area contributed by atoms with Crippen molar-refractivity contribution in [2.24, 2.45) is 0 Å². The molecule has 7 heteroatoms. The molecule has 0 fully saturated rings. The van der Waals surface area contributed by atoms with Gasteiger partial charge < -0.3 is 5.11 Å². The van der Waals surface area contributed by atoms with Crippen molar-refractivity contribution in [1.82, 2.24) is 0 Å². The van der Waals surface area contributed by atoms with Gasteiger partial charge >= 0.3 is 0 Å². The van der Waals surface area contributed by atoms with E-state index in [2.05, 4.69) is 27.3 Å². The smallest absolute Gasteiger partial charge is 0.232 e. The average Bonchev–Trinajstić information content (AvgIpc) is 2.19. The number of sulfonamides is 1. The van der Waals surface area contributed by atoms with Crippen molar-refractivity contribution in [2.45, 2.75) is 6.42 Å². The van der Waals surface area contributed by atoms with Crippen molar-refractivity contribution in [3.8, 4) is 0 Å². The van der Waals surface area contributed by atoms with Crippen molar-refractivity contribution in [2.75, 3.05) is 17.1 Å². The Morgan fingerprint density at radius 1 is 1.44 bits per heavy atom. The molecule has 0 heterocycles. The number of aliphatic hydroxyl groups excluding tert-OH is 1. The first-order chi connectivity index (χ1) is 7.44. The zero-order valence-corrected chi connectivity index (χ0v) is 12.0. The van der Waals surface area contributed by atoms with E-state index in [1.807, 2.05) is 0 Å². The van der Waals surface area contributed by atoms with Gasteiger partial charge in [-0.1, -0.05) is 11.6 Å². The van der Waals surface area contributed by atoms with Gasteiger partial charge in [-0.2, -0.15) is 0 Å². The third-order valence-electron chi connectivity index (χ3n) is 1.77. The second-order valence-electron chi connectivity index (χ2n) is 3.12. The number of hydrogen-bond donors (Lipinski definition) is 2. The normalized spacial score (nSPS) is 11.4. The molecular formula is C9H11ClINO3S. The topological polar surface area (TPSA) is 66.4 Å². The molecule has 0 amide bonds. The van der Waals surface area contributed by atoms with E-state index in [0.717, 1.165) is 3.57 Å². The molecular weight excluding hydrogens is 365 g/mol. The predicted octanol–water partition coefficient (Wildman–Crippen LogP) is 2.07. The summed E-state index contributed by atoms with van der Waals surface area (Å²) in [7, 11) is -3.43. The molecule has 90 valence electrons. The molecule has 0 radical (unpaired) electrons. The second-order valence-corrected chi connectivity index (χ2v) is 6.62. The van der Waals surface area contributed by atoms with Crippen molar-refractivity contribution >= 4 is 49.9 Å². The summed E-state index contributed by atoms with van der Waals surface area (Å²) in [5.41, 5.74) is 0.361. The van der Waals surface area contributed by atoms with Crippen LogP contribution in [-0.2, 0) is 10.0 Å². The molecule has 0 aliphatic rings. The highest BCUT2D eigenvalue weighted by molar-refractivity contribution is 14.1. The first-order valence-corrected chi connectivity index (χ1v) is 7.62. The minimum atomic E-state index is -3.43. The van der Waals surface area contributed by atoms with E-state index in [0.29, 0.717) is 10.7 Å². The molecule has 4 nitrogen and oxygen atoms in total. The monoisotopic (exact) mass is 375 g/mol. The standard InChI is InChI=1S/C9H11ClINO3S/c10-8-6-7(11)2-3-9(8)12-16(14,15)5-1-4-13/h2-3,6,12-13H,1,4-5H2. The van der Waals surface area contributed by atoms with Crippen LogP contribution in [0.5, 0.6) is 0 Å². The fourth-order valence-electron chi connectivity index (χ4n) is 1.05. The summed E-state index contributed by atoms with van der Waals surface area (Å²) in [6.45, 7) is -0.151. The van der Waals surface area contributed by atoms with Gasteiger partial charge in [0.1, 0.15) is 0 Å². The molecule has 0 aliphatic heterocycles. The van der Waals surface area contributed by atoms with Gasteiger partial charge in [0.15, 0.2) is 0 Å². The predicted molar refractivity (Wildman–Crippen MR) is 73.3 cm³/mol. The lowest BCUT2D eigenvalue weighted by atomic mass is 10.3. The molecule has 2 N–H and O–H groups in total. The highest BCUT2D eigenvalue weighted by Gasteiger charge is 2.11. The first kappa shape index (κ1) is 14.0. The van der Waals surface area contributed by atoms with Gasteiger partial charge in [0.05, 0.1) is 16.5 Å². The molecule has 1 aromatic carbocycles. The summed E-state index contributed by atoms with van der Waals surface area (Å²) in [4.78, 5) is 0. The summed E-state index contributed by atoms with van der Waals surface area (Å²) in [6, 6.07) is 5.04. The summed E-state index contributed by atoms with van der Waals surface area (Å²) >= 11 is 7.98. The van der Waals surface area contributed by atoms with Gasteiger partial charge in [-0.05, 0) is 47.2 Å². The van der Waals surface area contributed by atoms with Crippen LogP contribution in [0.1, 0.15) is 6.42 Å². The Balaban J connectivity index is 2.80. The summed E-state index contributed by atoms with van der Waals surface area (Å²) in [5.74, 6) is -0.119.